The minimum absolute atomic E-state index is 0.219. The van der Waals surface area contributed by atoms with Crippen molar-refractivity contribution < 1.29 is 4.79 Å². The molecule has 1 atom stereocenters. The lowest BCUT2D eigenvalue weighted by Gasteiger charge is -2.31. The van der Waals surface area contributed by atoms with Crippen LogP contribution in [-0.4, -0.2) is 47.4 Å². The van der Waals surface area contributed by atoms with Crippen LogP contribution < -0.4 is 0 Å². The van der Waals surface area contributed by atoms with Crippen LogP contribution >= 0.6 is 0 Å². The number of hydrogen-bond acceptors (Lipinski definition) is 3. The Labute approximate surface area is 122 Å². The molecule has 0 aromatic rings. The van der Waals surface area contributed by atoms with E-state index in [1.165, 1.54) is 25.7 Å². The Kier molecular flexibility index (Phi) is 4.70. The fourth-order valence-electron chi connectivity index (χ4n) is 3.02. The Morgan fingerprint density at radius 1 is 1.40 bits per heavy atom. The molecule has 1 heterocycles. The summed E-state index contributed by atoms with van der Waals surface area (Å²) in [7, 11) is 0. The normalized spacial score (nSPS) is 23.6. The molecule has 2 rings (SSSR count). The van der Waals surface area contributed by atoms with E-state index in [-0.39, 0.29) is 11.3 Å². The highest BCUT2D eigenvalue weighted by Gasteiger charge is 2.35. The molecule has 4 nitrogen and oxygen atoms in total. The highest BCUT2D eigenvalue weighted by atomic mass is 16.2. The molecule has 2 aliphatic rings. The predicted molar refractivity (Wildman–Crippen MR) is 79.0 cm³/mol. The fraction of sp³-hybridized carbons (Fsp3) is 0.875. The molecule has 1 amide bonds. The number of likely N-dealkylation sites (tertiary alicyclic amines) is 1. The van der Waals surface area contributed by atoms with Crippen LogP contribution in [0.1, 0.15) is 52.9 Å². The first-order valence-electron chi connectivity index (χ1n) is 7.85. The van der Waals surface area contributed by atoms with Crippen LogP contribution in [0.2, 0.25) is 0 Å². The van der Waals surface area contributed by atoms with Gasteiger partial charge in [0.2, 0.25) is 5.91 Å². The quantitative estimate of drug-likeness (QED) is 0.749. The molecular weight excluding hydrogens is 250 g/mol. The van der Waals surface area contributed by atoms with Crippen molar-refractivity contribution in [3.8, 4) is 6.07 Å². The first-order chi connectivity index (χ1) is 9.43. The van der Waals surface area contributed by atoms with Crippen LogP contribution in [0.15, 0.2) is 0 Å². The molecule has 0 unspecified atom stereocenters. The molecule has 0 radical (unpaired) electrons. The number of nitrogens with zero attached hydrogens (tertiary/aromatic N) is 3. The zero-order valence-corrected chi connectivity index (χ0v) is 13.1. The van der Waals surface area contributed by atoms with Gasteiger partial charge in [-0.1, -0.05) is 0 Å². The third kappa shape index (κ3) is 3.96. The lowest BCUT2D eigenvalue weighted by atomic mass is 9.91. The molecule has 0 aromatic carbocycles. The molecule has 1 saturated heterocycles. The second-order valence-electron chi connectivity index (χ2n) is 6.98. The molecule has 0 spiro atoms. The number of carbonyl (C=O) groups is 1. The van der Waals surface area contributed by atoms with Crippen LogP contribution in [-0.2, 0) is 4.79 Å². The minimum Gasteiger partial charge on any atom is -0.338 e. The van der Waals surface area contributed by atoms with E-state index in [1.54, 1.807) is 6.92 Å². The standard InChI is InChI=1S/C16H27N3O/c1-13(20)19(14-6-7-14)11-15-5-4-9-18(15)10-8-16(2,3)12-17/h14-15H,4-11H2,1-3H3/t15-/m0/s1. The third-order valence-electron chi connectivity index (χ3n) is 4.63. The number of nitriles is 1. The van der Waals surface area contributed by atoms with Gasteiger partial charge in [-0.15, -0.1) is 0 Å². The summed E-state index contributed by atoms with van der Waals surface area (Å²) < 4.78 is 0. The first-order valence-corrected chi connectivity index (χ1v) is 7.85. The molecule has 1 aliphatic heterocycles. The van der Waals surface area contributed by atoms with Crippen LogP contribution in [0.25, 0.3) is 0 Å². The summed E-state index contributed by atoms with van der Waals surface area (Å²) >= 11 is 0. The van der Waals surface area contributed by atoms with Crippen molar-refractivity contribution in [2.45, 2.75) is 65.0 Å². The number of carbonyl (C=O) groups excluding carboxylic acids is 1. The van der Waals surface area contributed by atoms with E-state index in [0.29, 0.717) is 12.1 Å². The molecule has 0 bridgehead atoms. The predicted octanol–water partition coefficient (Wildman–Crippen LogP) is 2.40. The number of amides is 1. The summed E-state index contributed by atoms with van der Waals surface area (Å²) in [5.41, 5.74) is -0.246. The number of rotatable bonds is 6. The smallest absolute Gasteiger partial charge is 0.219 e. The van der Waals surface area contributed by atoms with E-state index in [0.717, 1.165) is 26.1 Å². The molecule has 112 valence electrons. The van der Waals surface area contributed by atoms with Crippen LogP contribution in [0, 0.1) is 16.7 Å². The van der Waals surface area contributed by atoms with Crippen LogP contribution in [0.3, 0.4) is 0 Å². The summed E-state index contributed by atoms with van der Waals surface area (Å²) in [6, 6.07) is 3.38. The molecule has 20 heavy (non-hydrogen) atoms. The van der Waals surface area contributed by atoms with Gasteiger partial charge < -0.3 is 4.90 Å². The number of hydrogen-bond donors (Lipinski definition) is 0. The van der Waals surface area contributed by atoms with E-state index >= 15 is 0 Å². The van der Waals surface area contributed by atoms with Gasteiger partial charge in [0.1, 0.15) is 0 Å². The van der Waals surface area contributed by atoms with E-state index < -0.39 is 0 Å². The maximum Gasteiger partial charge on any atom is 0.219 e. The fourth-order valence-corrected chi connectivity index (χ4v) is 3.02. The second kappa shape index (κ2) is 6.13. The van der Waals surface area contributed by atoms with E-state index in [2.05, 4.69) is 15.9 Å². The molecule has 1 saturated carbocycles. The first kappa shape index (κ1) is 15.3. The van der Waals surface area contributed by atoms with Crippen molar-refractivity contribution >= 4 is 5.91 Å². The molecule has 2 fully saturated rings. The van der Waals surface area contributed by atoms with Gasteiger partial charge in [0.05, 0.1) is 11.5 Å². The van der Waals surface area contributed by atoms with Crippen molar-refractivity contribution in [2.75, 3.05) is 19.6 Å². The van der Waals surface area contributed by atoms with Gasteiger partial charge in [-0.05, 0) is 59.0 Å². The van der Waals surface area contributed by atoms with E-state index in [1.807, 2.05) is 13.8 Å². The largest absolute Gasteiger partial charge is 0.338 e. The zero-order chi connectivity index (χ0) is 14.8. The maximum absolute atomic E-state index is 11.7. The molecule has 0 aromatic heterocycles. The summed E-state index contributed by atoms with van der Waals surface area (Å²) in [4.78, 5) is 16.3. The van der Waals surface area contributed by atoms with Crippen LogP contribution in [0.5, 0.6) is 0 Å². The zero-order valence-electron chi connectivity index (χ0n) is 13.1. The highest BCUT2D eigenvalue weighted by Crippen LogP contribution is 2.30. The van der Waals surface area contributed by atoms with Crippen molar-refractivity contribution in [2.24, 2.45) is 5.41 Å². The van der Waals surface area contributed by atoms with Gasteiger partial charge in [0, 0.05) is 25.6 Å². The lowest BCUT2D eigenvalue weighted by Crippen LogP contribution is -2.44. The second-order valence-corrected chi connectivity index (χ2v) is 6.98. The van der Waals surface area contributed by atoms with Gasteiger partial charge in [0.25, 0.3) is 0 Å². The molecule has 4 heteroatoms. The Morgan fingerprint density at radius 3 is 2.65 bits per heavy atom. The summed E-state index contributed by atoms with van der Waals surface area (Å²) in [5, 5.41) is 9.11. The van der Waals surface area contributed by atoms with Crippen LogP contribution in [0.4, 0.5) is 0 Å². The summed E-state index contributed by atoms with van der Waals surface area (Å²) in [5.74, 6) is 0.219. The highest BCUT2D eigenvalue weighted by molar-refractivity contribution is 5.74. The van der Waals surface area contributed by atoms with E-state index in [4.69, 9.17) is 5.26 Å². The van der Waals surface area contributed by atoms with E-state index in [9.17, 15) is 4.79 Å². The van der Waals surface area contributed by atoms with Gasteiger partial charge in [0.15, 0.2) is 0 Å². The molecular formula is C16H27N3O. The SMILES string of the molecule is CC(=O)N(C[C@@H]1CCCN1CCC(C)(C)C#N)C1CC1. The van der Waals surface area contributed by atoms with Gasteiger partial charge in [-0.2, -0.15) is 5.26 Å². The van der Waals surface area contributed by atoms with Gasteiger partial charge >= 0.3 is 0 Å². The summed E-state index contributed by atoms with van der Waals surface area (Å²) in [6.45, 7) is 8.67. The van der Waals surface area contributed by atoms with Crippen molar-refractivity contribution in [3.05, 3.63) is 0 Å². The lowest BCUT2D eigenvalue weighted by molar-refractivity contribution is -0.130. The Hall–Kier alpha value is -1.08. The Bertz CT molecular complexity index is 395. The third-order valence-corrected chi connectivity index (χ3v) is 4.63. The van der Waals surface area contributed by atoms with Crippen molar-refractivity contribution in [1.29, 1.82) is 5.26 Å². The van der Waals surface area contributed by atoms with Crippen molar-refractivity contribution in [3.63, 3.8) is 0 Å². The minimum atomic E-state index is -0.246. The molecule has 0 N–H and O–H groups in total. The average molecular weight is 277 g/mol. The topological polar surface area (TPSA) is 47.3 Å². The summed E-state index contributed by atoms with van der Waals surface area (Å²) in [6.07, 6.45) is 5.66. The monoisotopic (exact) mass is 277 g/mol. The Balaban J connectivity index is 1.87. The maximum atomic E-state index is 11.7. The van der Waals surface area contributed by atoms with Gasteiger partial charge in [-0.3, -0.25) is 9.69 Å². The average Bonchev–Trinajstić information content (AvgIpc) is 3.13. The molecule has 1 aliphatic carbocycles. The van der Waals surface area contributed by atoms with Gasteiger partial charge in [-0.25, -0.2) is 0 Å². The van der Waals surface area contributed by atoms with Crippen molar-refractivity contribution in [1.82, 2.24) is 9.80 Å². The Morgan fingerprint density at radius 2 is 2.10 bits per heavy atom.